The SMILES string of the molecule is CC1(C)CC(n2ncc3cc(-c4ccc(-n5nccn5)cc4O)nnc32)CC(C)(C)N1. The molecule has 0 aliphatic carbocycles. The standard InChI is InChI=1S/C22H26N8O/c1-21(2)11-16(12-22(3,4)28-21)29-20-14(13-25-29)9-18(26-27-20)17-6-5-15(10-19(17)31)30-23-7-8-24-30/h5-10,13,16,28,31H,11-12H2,1-4H3. The third-order valence-corrected chi connectivity index (χ3v) is 5.76. The Morgan fingerprint density at radius 3 is 2.35 bits per heavy atom. The summed E-state index contributed by atoms with van der Waals surface area (Å²) < 4.78 is 2.00. The minimum atomic E-state index is 0.00896. The van der Waals surface area contributed by atoms with E-state index in [-0.39, 0.29) is 22.9 Å². The first-order valence-corrected chi connectivity index (χ1v) is 10.4. The van der Waals surface area contributed by atoms with Crippen LogP contribution >= 0.6 is 0 Å². The van der Waals surface area contributed by atoms with Crippen molar-refractivity contribution < 1.29 is 5.11 Å². The second-order valence-corrected chi connectivity index (χ2v) is 9.57. The van der Waals surface area contributed by atoms with Gasteiger partial charge in [0.2, 0.25) is 0 Å². The van der Waals surface area contributed by atoms with Crippen LogP contribution in [-0.4, -0.2) is 51.2 Å². The quantitative estimate of drug-likeness (QED) is 0.526. The number of aromatic nitrogens is 7. The molecule has 4 heterocycles. The zero-order valence-corrected chi connectivity index (χ0v) is 18.1. The van der Waals surface area contributed by atoms with Crippen molar-refractivity contribution in [1.82, 2.24) is 40.3 Å². The van der Waals surface area contributed by atoms with E-state index in [1.807, 2.05) is 23.0 Å². The number of phenolic OH excluding ortho intramolecular Hbond substituents is 1. The Balaban J connectivity index is 1.49. The summed E-state index contributed by atoms with van der Waals surface area (Å²) in [6, 6.07) is 7.40. The van der Waals surface area contributed by atoms with Crippen molar-refractivity contribution >= 4 is 11.0 Å². The highest BCUT2D eigenvalue weighted by molar-refractivity contribution is 5.80. The van der Waals surface area contributed by atoms with Gasteiger partial charge in [0.15, 0.2) is 5.65 Å². The highest BCUT2D eigenvalue weighted by Gasteiger charge is 2.39. The Kier molecular flexibility index (Phi) is 4.33. The number of hydrogen-bond acceptors (Lipinski definition) is 7. The lowest BCUT2D eigenvalue weighted by Crippen LogP contribution is -2.58. The van der Waals surface area contributed by atoms with Crippen molar-refractivity contribution in [3.05, 3.63) is 42.9 Å². The van der Waals surface area contributed by atoms with Crippen LogP contribution in [0.3, 0.4) is 0 Å². The molecule has 1 saturated heterocycles. The predicted octanol–water partition coefficient (Wildman–Crippen LogP) is 3.26. The summed E-state index contributed by atoms with van der Waals surface area (Å²) in [5, 5.41) is 36.9. The van der Waals surface area contributed by atoms with Crippen molar-refractivity contribution in [3.8, 4) is 22.7 Å². The summed E-state index contributed by atoms with van der Waals surface area (Å²) in [4.78, 5) is 1.45. The van der Waals surface area contributed by atoms with Crippen LogP contribution < -0.4 is 5.32 Å². The second kappa shape index (κ2) is 6.84. The number of fused-ring (bicyclic) bond motifs is 1. The molecule has 2 N–H and O–H groups in total. The maximum atomic E-state index is 10.6. The van der Waals surface area contributed by atoms with E-state index in [0.29, 0.717) is 16.9 Å². The van der Waals surface area contributed by atoms with Crippen LogP contribution in [0.25, 0.3) is 28.0 Å². The first-order valence-electron chi connectivity index (χ1n) is 10.4. The first-order chi connectivity index (χ1) is 14.7. The first kappa shape index (κ1) is 19.6. The number of phenols is 1. The lowest BCUT2D eigenvalue weighted by molar-refractivity contribution is 0.128. The molecule has 1 aliphatic heterocycles. The van der Waals surface area contributed by atoms with E-state index in [4.69, 9.17) is 0 Å². The summed E-state index contributed by atoms with van der Waals surface area (Å²) in [5.41, 5.74) is 2.64. The summed E-state index contributed by atoms with van der Waals surface area (Å²) in [6.45, 7) is 8.90. The van der Waals surface area contributed by atoms with Crippen LogP contribution in [0.4, 0.5) is 0 Å². The predicted molar refractivity (Wildman–Crippen MR) is 117 cm³/mol. The smallest absolute Gasteiger partial charge is 0.180 e. The van der Waals surface area contributed by atoms with E-state index in [1.165, 1.54) is 4.80 Å². The summed E-state index contributed by atoms with van der Waals surface area (Å²) in [5.74, 6) is 0.0951. The molecule has 0 spiro atoms. The number of benzene rings is 1. The van der Waals surface area contributed by atoms with Gasteiger partial charge in [0, 0.05) is 28.1 Å². The fourth-order valence-corrected chi connectivity index (χ4v) is 4.90. The van der Waals surface area contributed by atoms with Crippen molar-refractivity contribution in [1.29, 1.82) is 0 Å². The lowest BCUT2D eigenvalue weighted by atomic mass is 9.80. The zero-order valence-electron chi connectivity index (χ0n) is 18.1. The van der Waals surface area contributed by atoms with Gasteiger partial charge in [0.05, 0.1) is 36.0 Å². The van der Waals surface area contributed by atoms with E-state index in [2.05, 4.69) is 58.5 Å². The third kappa shape index (κ3) is 3.65. The molecule has 160 valence electrons. The molecular weight excluding hydrogens is 392 g/mol. The molecule has 1 aromatic carbocycles. The van der Waals surface area contributed by atoms with Gasteiger partial charge in [-0.05, 0) is 58.7 Å². The molecule has 1 aliphatic rings. The number of aromatic hydroxyl groups is 1. The number of hydrogen-bond donors (Lipinski definition) is 2. The van der Waals surface area contributed by atoms with Gasteiger partial charge in [-0.25, -0.2) is 4.68 Å². The summed E-state index contributed by atoms with van der Waals surface area (Å²) in [6.07, 6.45) is 6.93. The van der Waals surface area contributed by atoms with Crippen LogP contribution in [-0.2, 0) is 0 Å². The topological polar surface area (TPSA) is 107 Å². The average molecular weight is 419 g/mol. The van der Waals surface area contributed by atoms with Crippen molar-refractivity contribution in [2.45, 2.75) is 57.7 Å². The monoisotopic (exact) mass is 418 g/mol. The van der Waals surface area contributed by atoms with Crippen LogP contribution in [0.1, 0.15) is 46.6 Å². The van der Waals surface area contributed by atoms with Crippen LogP contribution in [0.15, 0.2) is 42.9 Å². The number of rotatable bonds is 3. The Hall–Kier alpha value is -3.33. The maximum Gasteiger partial charge on any atom is 0.180 e. The van der Waals surface area contributed by atoms with Crippen molar-refractivity contribution in [2.75, 3.05) is 0 Å². The van der Waals surface area contributed by atoms with Gasteiger partial charge in [-0.15, -0.1) is 10.2 Å². The maximum absolute atomic E-state index is 10.6. The Bertz CT molecular complexity index is 1230. The minimum Gasteiger partial charge on any atom is -0.507 e. The largest absolute Gasteiger partial charge is 0.507 e. The molecule has 4 aromatic rings. The summed E-state index contributed by atoms with van der Waals surface area (Å²) >= 11 is 0. The molecule has 5 rings (SSSR count). The summed E-state index contributed by atoms with van der Waals surface area (Å²) in [7, 11) is 0. The molecule has 9 heteroatoms. The molecule has 3 aromatic heterocycles. The van der Waals surface area contributed by atoms with Gasteiger partial charge in [0.1, 0.15) is 5.75 Å². The normalized spacial score (nSPS) is 18.5. The molecule has 0 bridgehead atoms. The number of nitrogens with zero attached hydrogens (tertiary/aromatic N) is 7. The van der Waals surface area contributed by atoms with E-state index in [0.717, 1.165) is 23.9 Å². The highest BCUT2D eigenvalue weighted by Crippen LogP contribution is 2.37. The zero-order chi connectivity index (χ0) is 21.8. The Morgan fingerprint density at radius 2 is 1.68 bits per heavy atom. The van der Waals surface area contributed by atoms with Gasteiger partial charge in [-0.2, -0.15) is 20.1 Å². The molecule has 9 nitrogen and oxygen atoms in total. The van der Waals surface area contributed by atoms with E-state index < -0.39 is 0 Å². The lowest BCUT2D eigenvalue weighted by Gasteiger charge is -2.46. The highest BCUT2D eigenvalue weighted by atomic mass is 16.3. The molecule has 1 fully saturated rings. The second-order valence-electron chi connectivity index (χ2n) is 9.57. The van der Waals surface area contributed by atoms with E-state index >= 15 is 0 Å². The van der Waals surface area contributed by atoms with Gasteiger partial charge >= 0.3 is 0 Å². The molecule has 0 unspecified atom stereocenters. The average Bonchev–Trinajstić information content (AvgIpc) is 3.35. The fourth-order valence-electron chi connectivity index (χ4n) is 4.90. The number of nitrogens with one attached hydrogen (secondary N) is 1. The minimum absolute atomic E-state index is 0.00896. The Morgan fingerprint density at radius 1 is 0.968 bits per heavy atom. The van der Waals surface area contributed by atoms with Gasteiger partial charge < -0.3 is 10.4 Å². The molecule has 31 heavy (non-hydrogen) atoms. The molecule has 0 radical (unpaired) electrons. The van der Waals surface area contributed by atoms with Crippen LogP contribution in [0.2, 0.25) is 0 Å². The fraction of sp³-hybridized carbons (Fsp3) is 0.409. The molecule has 0 amide bonds. The van der Waals surface area contributed by atoms with Gasteiger partial charge in [0.25, 0.3) is 0 Å². The van der Waals surface area contributed by atoms with Crippen LogP contribution in [0.5, 0.6) is 5.75 Å². The van der Waals surface area contributed by atoms with Crippen molar-refractivity contribution in [3.63, 3.8) is 0 Å². The van der Waals surface area contributed by atoms with E-state index in [9.17, 15) is 5.11 Å². The Labute approximate surface area is 180 Å². The van der Waals surface area contributed by atoms with Gasteiger partial charge in [-0.3, -0.25) is 0 Å². The van der Waals surface area contributed by atoms with Gasteiger partial charge in [-0.1, -0.05) is 0 Å². The number of piperidine rings is 1. The molecule has 0 saturated carbocycles. The van der Waals surface area contributed by atoms with E-state index in [1.54, 1.807) is 24.5 Å². The van der Waals surface area contributed by atoms with Crippen LogP contribution in [0, 0.1) is 0 Å². The van der Waals surface area contributed by atoms with Crippen molar-refractivity contribution in [2.24, 2.45) is 0 Å². The molecular formula is C22H26N8O. The molecule has 0 atom stereocenters. The third-order valence-electron chi connectivity index (χ3n) is 5.76.